The fraction of sp³-hybridized carbons (Fsp3) is 0.684. The minimum atomic E-state index is -4.01. The molecule has 0 aliphatic carbocycles. The number of nitrogen functional groups attached to an aromatic ring is 1. The number of aromatic nitrogens is 2. The second-order valence-electron chi connectivity index (χ2n) is 8.51. The maximum Gasteiger partial charge on any atom is 0.361 e. The average molecular weight is 522 g/mol. The van der Waals surface area contributed by atoms with E-state index in [1.54, 1.807) is 13.8 Å². The Labute approximate surface area is 201 Å². The lowest BCUT2D eigenvalue weighted by molar-refractivity contribution is -0.149. The average Bonchev–Trinajstić information content (AvgIpc) is 3.23. The third kappa shape index (κ3) is 5.51. The number of aliphatic hydroxyl groups excluding tert-OH is 1. The normalized spacial score (nSPS) is 30.7. The van der Waals surface area contributed by atoms with Gasteiger partial charge >= 0.3 is 12.8 Å². The summed E-state index contributed by atoms with van der Waals surface area (Å²) < 4.78 is 34.0. The first-order chi connectivity index (χ1) is 15.8. The molecule has 2 unspecified atom stereocenters. The van der Waals surface area contributed by atoms with E-state index in [4.69, 9.17) is 35.7 Å². The van der Waals surface area contributed by atoms with E-state index in [0.717, 1.165) is 0 Å². The molecule has 1 fully saturated rings. The molecule has 3 rings (SSSR count). The van der Waals surface area contributed by atoms with Crippen LogP contribution in [0.15, 0.2) is 4.99 Å². The Morgan fingerprint density at radius 2 is 2.09 bits per heavy atom. The summed E-state index contributed by atoms with van der Waals surface area (Å²) in [4.78, 5) is 24.4. The van der Waals surface area contributed by atoms with Crippen molar-refractivity contribution in [1.29, 1.82) is 0 Å². The molecule has 15 heteroatoms. The highest BCUT2D eigenvalue weighted by molar-refractivity contribution is 7.83. The van der Waals surface area contributed by atoms with Crippen molar-refractivity contribution in [3.63, 3.8) is 0 Å². The van der Waals surface area contributed by atoms with Crippen LogP contribution in [0, 0.1) is 0 Å². The topological polar surface area (TPSA) is 188 Å². The van der Waals surface area contributed by atoms with Crippen molar-refractivity contribution in [2.45, 2.75) is 69.7 Å². The molecule has 0 amide bonds. The predicted molar refractivity (Wildman–Crippen MR) is 122 cm³/mol. The Bertz CT molecular complexity index is 1010. The summed E-state index contributed by atoms with van der Waals surface area (Å²) in [5, 5.41) is 24.1. The molecule has 3 heterocycles. The fourth-order valence-electron chi connectivity index (χ4n) is 3.76. The summed E-state index contributed by atoms with van der Waals surface area (Å²) in [5.41, 5.74) is 4.70. The summed E-state index contributed by atoms with van der Waals surface area (Å²) in [6, 6.07) is -1.01. The van der Waals surface area contributed by atoms with Gasteiger partial charge in [-0.3, -0.25) is 14.4 Å². The minimum Gasteiger partial charge on any atom is -0.479 e. The van der Waals surface area contributed by atoms with E-state index in [0.29, 0.717) is 11.4 Å². The number of hydrogen-bond acceptors (Lipinski definition) is 12. The van der Waals surface area contributed by atoms with E-state index in [1.165, 1.54) is 27.2 Å². The van der Waals surface area contributed by atoms with Gasteiger partial charge in [0, 0.05) is 6.21 Å². The molecular formula is C19H29ClN5O8P. The summed E-state index contributed by atoms with van der Waals surface area (Å²) in [6.07, 6.45) is -2.42. The van der Waals surface area contributed by atoms with Crippen LogP contribution in [0.5, 0.6) is 5.88 Å². The number of carbonyl (C=O) groups is 1. The van der Waals surface area contributed by atoms with E-state index >= 15 is 0 Å². The van der Waals surface area contributed by atoms with Gasteiger partial charge in [0.15, 0.2) is 0 Å². The molecule has 7 atom stereocenters. The predicted octanol–water partition coefficient (Wildman–Crippen LogP) is 1.04. The van der Waals surface area contributed by atoms with Gasteiger partial charge in [0.1, 0.15) is 35.6 Å². The minimum absolute atomic E-state index is 0.0524. The number of esters is 1. The lowest BCUT2D eigenvalue weighted by Crippen LogP contribution is -2.48. The highest BCUT2D eigenvalue weighted by Crippen LogP contribution is 2.50. The maximum atomic E-state index is 12.6. The molecule has 5 N–H and O–H groups in total. The first-order valence-corrected chi connectivity index (χ1v) is 13.0. The van der Waals surface area contributed by atoms with Gasteiger partial charge in [-0.2, -0.15) is 4.98 Å². The van der Waals surface area contributed by atoms with Crippen LogP contribution in [0.4, 0.5) is 11.6 Å². The summed E-state index contributed by atoms with van der Waals surface area (Å²) in [7, 11) is 1.41. The lowest BCUT2D eigenvalue weighted by Gasteiger charge is -2.29. The van der Waals surface area contributed by atoms with Gasteiger partial charge < -0.3 is 34.7 Å². The first-order valence-electron chi connectivity index (χ1n) is 10.5. The molecule has 1 saturated heterocycles. The van der Waals surface area contributed by atoms with Gasteiger partial charge in [-0.05, 0) is 38.9 Å². The lowest BCUT2D eigenvalue weighted by atomic mass is 9.84. The fourth-order valence-corrected chi connectivity index (χ4v) is 5.35. The Hall–Kier alpha value is -1.86. The van der Waals surface area contributed by atoms with Crippen molar-refractivity contribution in [1.82, 2.24) is 15.1 Å². The standard InChI is InChI=1S/C19H29ClN5O8P/c1-8(2)32-17(27)9(3)25-34(20,29)31-7-11-14(26)19(4,28)15(33-11)10-6-22-13-12(10)23-18(21)24-16(13)30-5/h6,8-11,14-15,26,28H,7H2,1-5H3,(H,25,29)(H2,21,23,24)/t9-,10?,11+,14+,15-,19+,34?/m0/s1. The van der Waals surface area contributed by atoms with Gasteiger partial charge in [0.2, 0.25) is 11.8 Å². The van der Waals surface area contributed by atoms with E-state index < -0.39 is 55.3 Å². The third-order valence-corrected chi connectivity index (χ3v) is 7.16. The largest absolute Gasteiger partial charge is 0.479 e. The van der Waals surface area contributed by atoms with Gasteiger partial charge in [-0.15, -0.1) is 0 Å². The molecule has 190 valence electrons. The van der Waals surface area contributed by atoms with Crippen molar-refractivity contribution in [3.8, 4) is 5.88 Å². The summed E-state index contributed by atoms with van der Waals surface area (Å²) in [5.74, 6) is -1.23. The number of ether oxygens (including phenoxy) is 3. The quantitative estimate of drug-likeness (QED) is 0.267. The number of hydrogen-bond donors (Lipinski definition) is 4. The van der Waals surface area contributed by atoms with Crippen LogP contribution in [0.2, 0.25) is 0 Å². The molecule has 1 aromatic rings. The Kier molecular flexibility index (Phi) is 7.88. The number of aliphatic imine (C=N–C) groups is 1. The Morgan fingerprint density at radius 1 is 1.41 bits per heavy atom. The monoisotopic (exact) mass is 521 g/mol. The van der Waals surface area contributed by atoms with Gasteiger partial charge in [-0.25, -0.2) is 10.1 Å². The molecule has 0 radical (unpaired) electrons. The van der Waals surface area contributed by atoms with E-state index in [2.05, 4.69) is 20.0 Å². The van der Waals surface area contributed by atoms with Crippen LogP contribution in [0.25, 0.3) is 0 Å². The number of anilines is 1. The van der Waals surface area contributed by atoms with Crippen LogP contribution in [0.1, 0.15) is 39.3 Å². The molecular weight excluding hydrogens is 493 g/mol. The number of rotatable bonds is 9. The molecule has 0 spiro atoms. The number of aliphatic hydroxyl groups is 2. The van der Waals surface area contributed by atoms with Crippen LogP contribution < -0.4 is 15.6 Å². The van der Waals surface area contributed by atoms with Crippen LogP contribution in [-0.2, 0) is 23.4 Å². The first kappa shape index (κ1) is 26.7. The number of fused-ring (bicyclic) bond motifs is 1. The molecule has 2 aliphatic rings. The molecule has 13 nitrogen and oxygen atoms in total. The molecule has 2 aliphatic heterocycles. The van der Waals surface area contributed by atoms with Gasteiger partial charge in [0.25, 0.3) is 0 Å². The maximum absolute atomic E-state index is 12.6. The van der Waals surface area contributed by atoms with E-state index in [-0.39, 0.29) is 17.9 Å². The number of methoxy groups -OCH3 is 1. The zero-order valence-electron chi connectivity index (χ0n) is 19.3. The summed E-state index contributed by atoms with van der Waals surface area (Å²) in [6.45, 7) is 1.70. The number of nitrogens with two attached hydrogens (primary N) is 1. The van der Waals surface area contributed by atoms with Crippen molar-refractivity contribution in [2.75, 3.05) is 19.5 Å². The van der Waals surface area contributed by atoms with Crippen molar-refractivity contribution >= 4 is 41.9 Å². The zero-order valence-corrected chi connectivity index (χ0v) is 21.0. The highest BCUT2D eigenvalue weighted by atomic mass is 35.7. The molecule has 0 aromatic carbocycles. The molecule has 1 aromatic heterocycles. The van der Waals surface area contributed by atoms with Crippen LogP contribution >= 0.6 is 18.1 Å². The van der Waals surface area contributed by atoms with Gasteiger partial charge in [-0.1, -0.05) is 0 Å². The Balaban J connectivity index is 1.70. The van der Waals surface area contributed by atoms with E-state index in [1.807, 2.05) is 0 Å². The second kappa shape index (κ2) is 10.0. The molecule has 0 bridgehead atoms. The third-order valence-electron chi connectivity index (χ3n) is 5.40. The van der Waals surface area contributed by atoms with Crippen molar-refractivity contribution in [3.05, 3.63) is 5.69 Å². The number of nitrogens with one attached hydrogen (secondary N) is 1. The number of nitrogens with zero attached hydrogens (tertiary/aromatic N) is 3. The van der Waals surface area contributed by atoms with E-state index in [9.17, 15) is 19.6 Å². The van der Waals surface area contributed by atoms with Crippen molar-refractivity contribution in [2.24, 2.45) is 4.99 Å². The molecule has 34 heavy (non-hydrogen) atoms. The number of carbonyl (C=O) groups excluding carboxylic acids is 1. The number of halogens is 1. The highest BCUT2D eigenvalue weighted by Gasteiger charge is 2.56. The van der Waals surface area contributed by atoms with Crippen molar-refractivity contribution < 1.29 is 38.3 Å². The smallest absolute Gasteiger partial charge is 0.361 e. The zero-order chi connectivity index (χ0) is 25.4. The SMILES string of the molecule is COc1nc(N)nc2c1N=CC2[C@@H]1O[C@H](COP(=O)(Cl)N[C@@H](C)C(=O)OC(C)C)[C@@H](O)[C@@]1(C)O. The van der Waals surface area contributed by atoms with Crippen LogP contribution in [0.3, 0.4) is 0 Å². The second-order valence-corrected chi connectivity index (χ2v) is 11.3. The molecule has 0 saturated carbocycles. The summed E-state index contributed by atoms with van der Waals surface area (Å²) >= 11 is 5.94. The Morgan fingerprint density at radius 3 is 2.71 bits per heavy atom. The van der Waals surface area contributed by atoms with Gasteiger partial charge in [0.05, 0.1) is 31.4 Å². The van der Waals surface area contributed by atoms with Crippen LogP contribution in [-0.4, -0.2) is 82.1 Å².